The van der Waals surface area contributed by atoms with E-state index in [1.54, 1.807) is 6.08 Å². The molecule has 0 aromatic heterocycles. The summed E-state index contributed by atoms with van der Waals surface area (Å²) in [6.07, 6.45) is 7.34. The molecule has 0 fully saturated rings. The molecule has 4 heteroatoms. The molecule has 1 unspecified atom stereocenters. The van der Waals surface area contributed by atoms with Crippen molar-refractivity contribution in [2.75, 3.05) is 6.54 Å². The molecule has 2 nitrogen and oxygen atoms in total. The van der Waals surface area contributed by atoms with Crippen molar-refractivity contribution in [3.8, 4) is 0 Å². The van der Waals surface area contributed by atoms with Gasteiger partial charge in [0, 0.05) is 12.2 Å². The second-order valence-electron chi connectivity index (χ2n) is 3.49. The SMILES string of the molecule is CC1=CC2=CC(O)=C(Cl)C[N+]2(Cl)C=C1. The van der Waals surface area contributed by atoms with Crippen molar-refractivity contribution >= 4 is 23.4 Å². The number of nitrogens with zero attached hydrogens (tertiary/aromatic N) is 1. The molecule has 1 N–H and O–H groups in total. The van der Waals surface area contributed by atoms with Gasteiger partial charge in [-0.3, -0.25) is 0 Å². The number of halogens is 2. The maximum absolute atomic E-state index is 9.47. The van der Waals surface area contributed by atoms with Crippen LogP contribution in [0, 0.1) is 0 Å². The molecule has 0 spiro atoms. The van der Waals surface area contributed by atoms with E-state index in [-0.39, 0.29) is 9.76 Å². The number of hydrogen-bond acceptors (Lipinski definition) is 1. The number of aliphatic hydroxyl groups is 1. The quantitative estimate of drug-likeness (QED) is 0.634. The Morgan fingerprint density at radius 2 is 2.14 bits per heavy atom. The van der Waals surface area contributed by atoms with Gasteiger partial charge < -0.3 is 5.11 Å². The molecule has 74 valence electrons. The normalized spacial score (nSPS) is 31.1. The van der Waals surface area contributed by atoms with Crippen molar-refractivity contribution < 1.29 is 9.11 Å². The minimum atomic E-state index is 0.107. The maximum Gasteiger partial charge on any atom is 0.177 e. The zero-order valence-corrected chi connectivity index (χ0v) is 9.18. The third-order valence-corrected chi connectivity index (χ3v) is 3.05. The Morgan fingerprint density at radius 1 is 1.43 bits per heavy atom. The van der Waals surface area contributed by atoms with Gasteiger partial charge in [-0.2, -0.15) is 4.00 Å². The Labute approximate surface area is 92.7 Å². The third-order valence-electron chi connectivity index (χ3n) is 2.31. The first-order valence-corrected chi connectivity index (χ1v) is 4.98. The molecular formula is C10H10Cl2NO+. The molecule has 2 heterocycles. The lowest BCUT2D eigenvalue weighted by Crippen LogP contribution is -2.35. The molecule has 0 aliphatic carbocycles. The van der Waals surface area contributed by atoms with Crippen LogP contribution in [0.3, 0.4) is 0 Å². The Hall–Kier alpha value is -0.700. The third kappa shape index (κ3) is 1.50. The highest BCUT2D eigenvalue weighted by atomic mass is 35.5. The van der Waals surface area contributed by atoms with Crippen molar-refractivity contribution in [3.63, 3.8) is 0 Å². The van der Waals surface area contributed by atoms with Gasteiger partial charge in [0.25, 0.3) is 0 Å². The first-order chi connectivity index (χ1) is 6.51. The van der Waals surface area contributed by atoms with Crippen LogP contribution in [0.25, 0.3) is 0 Å². The van der Waals surface area contributed by atoms with Crippen LogP contribution in [0.1, 0.15) is 6.92 Å². The largest absolute Gasteiger partial charge is 0.506 e. The molecule has 2 aliphatic heterocycles. The van der Waals surface area contributed by atoms with E-state index in [0.29, 0.717) is 11.6 Å². The number of rotatable bonds is 0. The van der Waals surface area contributed by atoms with Crippen LogP contribution in [0.2, 0.25) is 0 Å². The number of quaternary nitrogens is 1. The lowest BCUT2D eigenvalue weighted by Gasteiger charge is -2.30. The summed E-state index contributed by atoms with van der Waals surface area (Å²) in [5.41, 5.74) is 1.95. The molecule has 2 aliphatic rings. The summed E-state index contributed by atoms with van der Waals surface area (Å²) in [4.78, 5) is 0. The van der Waals surface area contributed by atoms with Crippen molar-refractivity contribution in [2.24, 2.45) is 0 Å². The Bertz CT molecular complexity index is 406. The van der Waals surface area contributed by atoms with Crippen LogP contribution in [0.5, 0.6) is 0 Å². The van der Waals surface area contributed by atoms with E-state index in [2.05, 4.69) is 0 Å². The van der Waals surface area contributed by atoms with Gasteiger partial charge in [0.1, 0.15) is 23.5 Å². The molecule has 2 rings (SSSR count). The summed E-state index contributed by atoms with van der Waals surface area (Å²) in [7, 11) is 0. The molecule has 0 amide bonds. The summed E-state index contributed by atoms with van der Waals surface area (Å²) < 4.78 is 0.111. The van der Waals surface area contributed by atoms with Gasteiger partial charge in [0.15, 0.2) is 17.5 Å². The van der Waals surface area contributed by atoms with Crippen LogP contribution < -0.4 is 0 Å². The number of hydrogen-bond donors (Lipinski definition) is 1. The average molecular weight is 231 g/mol. The molecule has 0 aromatic rings. The lowest BCUT2D eigenvalue weighted by molar-refractivity contribution is -0.709. The minimum Gasteiger partial charge on any atom is -0.506 e. The number of fused-ring (bicyclic) bond motifs is 1. The van der Waals surface area contributed by atoms with Crippen molar-refractivity contribution in [1.29, 1.82) is 0 Å². The van der Waals surface area contributed by atoms with Gasteiger partial charge >= 0.3 is 0 Å². The highest BCUT2D eigenvalue weighted by Gasteiger charge is 2.36. The summed E-state index contributed by atoms with van der Waals surface area (Å²) in [6.45, 7) is 2.37. The van der Waals surface area contributed by atoms with E-state index in [0.717, 1.165) is 11.3 Å². The second kappa shape index (κ2) is 3.16. The fraction of sp³-hybridized carbons (Fsp3) is 0.200. The van der Waals surface area contributed by atoms with Crippen LogP contribution in [0.15, 0.2) is 46.5 Å². The van der Waals surface area contributed by atoms with Crippen LogP contribution in [0.4, 0.5) is 0 Å². The lowest BCUT2D eigenvalue weighted by atomic mass is 10.1. The molecular weight excluding hydrogens is 221 g/mol. The zero-order chi connectivity index (χ0) is 10.3. The van der Waals surface area contributed by atoms with Crippen molar-refractivity contribution in [2.45, 2.75) is 6.92 Å². The topological polar surface area (TPSA) is 20.2 Å². The molecule has 1 atom stereocenters. The summed E-state index contributed by atoms with van der Waals surface area (Å²) in [5, 5.41) is 9.86. The fourth-order valence-corrected chi connectivity index (χ4v) is 2.08. The predicted octanol–water partition coefficient (Wildman–Crippen LogP) is 3.34. The Morgan fingerprint density at radius 3 is 2.86 bits per heavy atom. The molecule has 0 saturated heterocycles. The van der Waals surface area contributed by atoms with Gasteiger partial charge in [-0.15, -0.1) is 0 Å². The summed E-state index contributed by atoms with van der Waals surface area (Å²) >= 11 is 12.2. The van der Waals surface area contributed by atoms with E-state index >= 15 is 0 Å². The van der Waals surface area contributed by atoms with Gasteiger partial charge in [-0.05, 0) is 18.6 Å². The smallest absolute Gasteiger partial charge is 0.177 e. The average Bonchev–Trinajstić information content (AvgIpc) is 2.10. The van der Waals surface area contributed by atoms with E-state index in [4.69, 9.17) is 23.4 Å². The standard InChI is InChI=1S/C10H9Cl2NO/c1-7-2-3-13(12)6-9(11)10(14)5-8(13)4-7/h2-5H,6H2,1H3/p+1. The number of aliphatic hydroxyl groups excluding tert-OH is 1. The predicted molar refractivity (Wildman–Crippen MR) is 57.5 cm³/mol. The van der Waals surface area contributed by atoms with E-state index in [1.807, 2.05) is 25.3 Å². The van der Waals surface area contributed by atoms with Gasteiger partial charge in [0.2, 0.25) is 0 Å². The molecule has 14 heavy (non-hydrogen) atoms. The van der Waals surface area contributed by atoms with E-state index < -0.39 is 0 Å². The summed E-state index contributed by atoms with van der Waals surface area (Å²) in [6, 6.07) is 0. The monoisotopic (exact) mass is 230 g/mol. The minimum absolute atomic E-state index is 0.107. The number of allylic oxidation sites excluding steroid dienone is 4. The molecule has 0 radical (unpaired) electrons. The highest BCUT2D eigenvalue weighted by molar-refractivity contribution is 6.30. The van der Waals surface area contributed by atoms with Crippen LogP contribution in [-0.4, -0.2) is 15.7 Å². The first-order valence-electron chi connectivity index (χ1n) is 4.26. The zero-order valence-electron chi connectivity index (χ0n) is 7.67. The van der Waals surface area contributed by atoms with Crippen molar-refractivity contribution in [1.82, 2.24) is 0 Å². The van der Waals surface area contributed by atoms with E-state index in [1.165, 1.54) is 0 Å². The summed E-state index contributed by atoms with van der Waals surface area (Å²) in [5.74, 6) is 0.107. The molecule has 0 aromatic carbocycles. The molecule has 0 saturated carbocycles. The van der Waals surface area contributed by atoms with E-state index in [9.17, 15) is 5.11 Å². The van der Waals surface area contributed by atoms with Crippen LogP contribution in [-0.2, 0) is 0 Å². The highest BCUT2D eigenvalue weighted by Crippen LogP contribution is 2.36. The second-order valence-corrected chi connectivity index (χ2v) is 4.55. The van der Waals surface area contributed by atoms with Crippen LogP contribution >= 0.6 is 23.4 Å². The first kappa shape index (κ1) is 9.84. The molecule has 0 bridgehead atoms. The van der Waals surface area contributed by atoms with Crippen molar-refractivity contribution in [3.05, 3.63) is 46.5 Å². The fourth-order valence-electron chi connectivity index (χ4n) is 1.50. The Balaban J connectivity index is 2.50. The van der Waals surface area contributed by atoms with Gasteiger partial charge in [-0.25, -0.2) is 0 Å². The Kier molecular flexibility index (Phi) is 2.22. The maximum atomic E-state index is 9.47. The van der Waals surface area contributed by atoms with Gasteiger partial charge in [0.05, 0.1) is 0 Å². The van der Waals surface area contributed by atoms with Gasteiger partial charge in [-0.1, -0.05) is 11.6 Å².